The zero-order valence-corrected chi connectivity index (χ0v) is 12.1. The molecule has 2 aliphatic rings. The molecular weight excluding hydrogens is 272 g/mol. The lowest BCUT2D eigenvalue weighted by Crippen LogP contribution is -2.29. The predicted molar refractivity (Wildman–Crippen MR) is 87.0 cm³/mol. The Kier molecular flexibility index (Phi) is 2.39. The third kappa shape index (κ3) is 1.56. The van der Waals surface area contributed by atoms with Gasteiger partial charge in [-0.3, -0.25) is 0 Å². The summed E-state index contributed by atoms with van der Waals surface area (Å²) in [5, 5.41) is 1.33. The van der Waals surface area contributed by atoms with Gasteiger partial charge in [-0.25, -0.2) is 0 Å². The van der Waals surface area contributed by atoms with Crippen molar-refractivity contribution in [2.45, 2.75) is 12.6 Å². The zero-order chi connectivity index (χ0) is 14.5. The SMILES string of the molecule is C1=C2c3[nH]c4ccccc4c3CCN2C(c2ccccc2)O1. The Morgan fingerprint density at radius 3 is 2.73 bits per heavy atom. The number of aromatic amines is 1. The topological polar surface area (TPSA) is 28.3 Å². The molecule has 3 heterocycles. The van der Waals surface area contributed by atoms with Crippen LogP contribution in [0.1, 0.15) is 23.0 Å². The maximum absolute atomic E-state index is 5.98. The Labute approximate surface area is 128 Å². The molecule has 108 valence electrons. The number of ether oxygens (including phenoxy) is 1. The van der Waals surface area contributed by atoms with Gasteiger partial charge in [-0.05, 0) is 18.1 Å². The molecule has 0 aliphatic carbocycles. The van der Waals surface area contributed by atoms with E-state index in [1.165, 1.54) is 33.4 Å². The molecule has 0 bridgehead atoms. The minimum Gasteiger partial charge on any atom is -0.472 e. The normalized spacial score (nSPS) is 19.5. The molecule has 22 heavy (non-hydrogen) atoms. The first-order chi connectivity index (χ1) is 10.9. The van der Waals surface area contributed by atoms with Gasteiger partial charge in [0.1, 0.15) is 6.26 Å². The van der Waals surface area contributed by atoms with Crippen molar-refractivity contribution in [2.24, 2.45) is 0 Å². The highest BCUT2D eigenvalue weighted by Gasteiger charge is 2.35. The monoisotopic (exact) mass is 288 g/mol. The Balaban J connectivity index is 1.60. The molecule has 1 atom stereocenters. The fourth-order valence-corrected chi connectivity index (χ4v) is 3.62. The van der Waals surface area contributed by atoms with Crippen LogP contribution in [0.5, 0.6) is 0 Å². The van der Waals surface area contributed by atoms with Gasteiger partial charge in [-0.2, -0.15) is 0 Å². The number of fused-ring (bicyclic) bond motifs is 5. The molecule has 1 N–H and O–H groups in total. The summed E-state index contributed by atoms with van der Waals surface area (Å²) < 4.78 is 5.98. The summed E-state index contributed by atoms with van der Waals surface area (Å²) in [6, 6.07) is 18.9. The summed E-state index contributed by atoms with van der Waals surface area (Å²) >= 11 is 0. The van der Waals surface area contributed by atoms with Gasteiger partial charge in [0.25, 0.3) is 0 Å². The van der Waals surface area contributed by atoms with Gasteiger partial charge >= 0.3 is 0 Å². The first kappa shape index (κ1) is 11.9. The Bertz CT molecular complexity index is 879. The molecule has 3 heteroatoms. The summed E-state index contributed by atoms with van der Waals surface area (Å²) in [5.41, 5.74) is 6.21. The molecule has 0 radical (unpaired) electrons. The molecule has 0 fully saturated rings. The molecule has 0 amide bonds. The van der Waals surface area contributed by atoms with Crippen molar-refractivity contribution < 1.29 is 4.74 Å². The molecule has 3 aromatic rings. The molecule has 1 unspecified atom stereocenters. The highest BCUT2D eigenvalue weighted by Crippen LogP contribution is 2.42. The second-order valence-electron chi connectivity index (χ2n) is 5.87. The third-order valence-corrected chi connectivity index (χ3v) is 4.66. The van der Waals surface area contributed by atoms with Gasteiger partial charge in [0.2, 0.25) is 0 Å². The number of aromatic nitrogens is 1. The number of benzene rings is 2. The predicted octanol–water partition coefficient (Wildman–Crippen LogP) is 4.05. The molecule has 1 aromatic heterocycles. The van der Waals surface area contributed by atoms with Gasteiger partial charge in [0, 0.05) is 23.0 Å². The van der Waals surface area contributed by atoms with E-state index in [0.717, 1.165) is 13.0 Å². The molecule has 2 aromatic carbocycles. The number of para-hydroxylation sites is 1. The van der Waals surface area contributed by atoms with Crippen LogP contribution in [-0.2, 0) is 11.2 Å². The maximum atomic E-state index is 5.98. The van der Waals surface area contributed by atoms with E-state index >= 15 is 0 Å². The van der Waals surface area contributed by atoms with Crippen LogP contribution >= 0.6 is 0 Å². The van der Waals surface area contributed by atoms with Crippen LogP contribution < -0.4 is 0 Å². The smallest absolute Gasteiger partial charge is 0.198 e. The van der Waals surface area contributed by atoms with Crippen LogP contribution in [0.2, 0.25) is 0 Å². The van der Waals surface area contributed by atoms with Gasteiger partial charge in [0.15, 0.2) is 6.23 Å². The first-order valence-corrected chi connectivity index (χ1v) is 7.69. The standard InChI is InChI=1S/C19H16N2O/c1-2-6-13(7-3-1)19-21-11-10-15-14-8-4-5-9-16(14)20-18(15)17(21)12-22-19/h1-9,12,19-20H,10-11H2. The largest absolute Gasteiger partial charge is 0.472 e. The van der Waals surface area contributed by atoms with Crippen molar-refractivity contribution in [3.05, 3.63) is 77.7 Å². The van der Waals surface area contributed by atoms with Gasteiger partial charge < -0.3 is 14.6 Å². The van der Waals surface area contributed by atoms with Crippen molar-refractivity contribution in [3.8, 4) is 0 Å². The maximum Gasteiger partial charge on any atom is 0.198 e. The Hall–Kier alpha value is -2.68. The number of hydrogen-bond donors (Lipinski definition) is 1. The second kappa shape index (κ2) is 4.41. The van der Waals surface area contributed by atoms with E-state index in [9.17, 15) is 0 Å². The van der Waals surface area contributed by atoms with E-state index in [4.69, 9.17) is 4.74 Å². The summed E-state index contributed by atoms with van der Waals surface area (Å²) in [4.78, 5) is 5.92. The summed E-state index contributed by atoms with van der Waals surface area (Å²) in [6.45, 7) is 0.986. The van der Waals surface area contributed by atoms with Gasteiger partial charge in [-0.15, -0.1) is 0 Å². The van der Waals surface area contributed by atoms with Crippen molar-refractivity contribution >= 4 is 16.6 Å². The van der Waals surface area contributed by atoms with Crippen LogP contribution in [0, 0.1) is 0 Å². The highest BCUT2D eigenvalue weighted by atomic mass is 16.5. The first-order valence-electron chi connectivity index (χ1n) is 7.69. The lowest BCUT2D eigenvalue weighted by molar-refractivity contribution is 0.0598. The number of hydrogen-bond acceptors (Lipinski definition) is 2. The number of nitrogens with one attached hydrogen (secondary N) is 1. The van der Waals surface area contributed by atoms with Crippen LogP contribution in [-0.4, -0.2) is 16.4 Å². The Morgan fingerprint density at radius 1 is 1.00 bits per heavy atom. The lowest BCUT2D eigenvalue weighted by Gasteiger charge is -2.31. The zero-order valence-electron chi connectivity index (χ0n) is 12.1. The average molecular weight is 288 g/mol. The minimum absolute atomic E-state index is 0.00392. The van der Waals surface area contributed by atoms with E-state index in [1.54, 1.807) is 0 Å². The van der Waals surface area contributed by atoms with Crippen molar-refractivity contribution in [3.63, 3.8) is 0 Å². The average Bonchev–Trinajstić information content (AvgIpc) is 3.16. The lowest BCUT2D eigenvalue weighted by atomic mass is 10.0. The number of nitrogens with zero attached hydrogens (tertiary/aromatic N) is 1. The van der Waals surface area contributed by atoms with Crippen molar-refractivity contribution in [1.29, 1.82) is 0 Å². The van der Waals surface area contributed by atoms with E-state index in [0.29, 0.717) is 0 Å². The number of rotatable bonds is 1. The fourth-order valence-electron chi connectivity index (χ4n) is 3.62. The molecule has 5 rings (SSSR count). The molecule has 3 nitrogen and oxygen atoms in total. The van der Waals surface area contributed by atoms with Crippen LogP contribution in [0.3, 0.4) is 0 Å². The molecule has 0 saturated heterocycles. The van der Waals surface area contributed by atoms with E-state index < -0.39 is 0 Å². The van der Waals surface area contributed by atoms with Crippen LogP contribution in [0.15, 0.2) is 60.9 Å². The quantitative estimate of drug-likeness (QED) is 0.731. The molecule has 0 spiro atoms. The minimum atomic E-state index is -0.00392. The summed E-state index contributed by atoms with van der Waals surface area (Å²) in [6.07, 6.45) is 2.95. The van der Waals surface area contributed by atoms with Crippen molar-refractivity contribution in [1.82, 2.24) is 9.88 Å². The molecule has 2 aliphatic heterocycles. The third-order valence-electron chi connectivity index (χ3n) is 4.66. The summed E-state index contributed by atoms with van der Waals surface area (Å²) in [7, 11) is 0. The molecule has 0 saturated carbocycles. The van der Waals surface area contributed by atoms with E-state index in [1.807, 2.05) is 12.3 Å². The second-order valence-corrected chi connectivity index (χ2v) is 5.87. The van der Waals surface area contributed by atoms with Crippen molar-refractivity contribution in [2.75, 3.05) is 6.54 Å². The van der Waals surface area contributed by atoms with E-state index in [-0.39, 0.29) is 6.23 Å². The van der Waals surface area contributed by atoms with Gasteiger partial charge in [-0.1, -0.05) is 48.5 Å². The van der Waals surface area contributed by atoms with E-state index in [2.05, 4.69) is 58.4 Å². The van der Waals surface area contributed by atoms with Crippen LogP contribution in [0.4, 0.5) is 0 Å². The van der Waals surface area contributed by atoms with Crippen LogP contribution in [0.25, 0.3) is 16.6 Å². The summed E-state index contributed by atoms with van der Waals surface area (Å²) in [5.74, 6) is 0. The molecular formula is C19H16N2O. The Morgan fingerprint density at radius 2 is 1.82 bits per heavy atom. The highest BCUT2D eigenvalue weighted by molar-refractivity contribution is 5.89. The fraction of sp³-hybridized carbons (Fsp3) is 0.158. The van der Waals surface area contributed by atoms with Gasteiger partial charge in [0.05, 0.1) is 11.4 Å². The number of H-pyrrole nitrogens is 1.